The zero-order valence-electron chi connectivity index (χ0n) is 18.0. The van der Waals surface area contributed by atoms with E-state index < -0.39 is 0 Å². The molecule has 0 spiro atoms. The molecule has 2 aliphatic carbocycles. The van der Waals surface area contributed by atoms with Crippen LogP contribution in [0.4, 0.5) is 0 Å². The summed E-state index contributed by atoms with van der Waals surface area (Å²) in [6.45, 7) is 4.63. The SMILES string of the molecule is CCCCCC1CC=C(c2ccc([C@H]3CC[C@H](CCCC)CC3)cc2)CC1. The van der Waals surface area contributed by atoms with E-state index in [2.05, 4.69) is 44.2 Å². The van der Waals surface area contributed by atoms with Gasteiger partial charge in [0.25, 0.3) is 0 Å². The van der Waals surface area contributed by atoms with E-state index in [9.17, 15) is 0 Å². The largest absolute Gasteiger partial charge is 0.0804 e. The average Bonchev–Trinajstić information content (AvgIpc) is 2.73. The van der Waals surface area contributed by atoms with Crippen molar-refractivity contribution in [2.24, 2.45) is 11.8 Å². The van der Waals surface area contributed by atoms with E-state index in [0.29, 0.717) is 0 Å². The van der Waals surface area contributed by atoms with Gasteiger partial charge < -0.3 is 0 Å². The molecule has 1 aromatic rings. The van der Waals surface area contributed by atoms with Gasteiger partial charge in [0.1, 0.15) is 0 Å². The Balaban J connectivity index is 1.48. The van der Waals surface area contributed by atoms with E-state index in [1.165, 1.54) is 95.5 Å². The predicted octanol–water partition coefficient (Wildman–Crippen LogP) is 8.91. The lowest BCUT2D eigenvalue weighted by molar-refractivity contribution is 0.304. The van der Waals surface area contributed by atoms with Crippen molar-refractivity contribution in [3.63, 3.8) is 0 Å². The minimum absolute atomic E-state index is 0.820. The zero-order chi connectivity index (χ0) is 18.9. The summed E-state index contributed by atoms with van der Waals surface area (Å²) in [5.41, 5.74) is 4.69. The van der Waals surface area contributed by atoms with E-state index in [4.69, 9.17) is 0 Å². The minimum atomic E-state index is 0.820. The third-order valence-corrected chi connectivity index (χ3v) is 7.30. The standard InChI is InChI=1S/C27H42/c1-3-5-7-9-23-12-16-25(17-13-23)27-20-18-26(19-21-27)24-14-10-22(11-15-24)8-6-4-2/h16,18-24H,3-15,17H2,1-2H3/t22-,23?,24-. The summed E-state index contributed by atoms with van der Waals surface area (Å²) in [6.07, 6.45) is 22.2. The van der Waals surface area contributed by atoms with Crippen LogP contribution in [0, 0.1) is 11.8 Å². The molecule has 1 aromatic carbocycles. The topological polar surface area (TPSA) is 0 Å². The maximum absolute atomic E-state index is 2.55. The summed E-state index contributed by atoms with van der Waals surface area (Å²) >= 11 is 0. The van der Waals surface area contributed by atoms with E-state index in [0.717, 1.165) is 17.8 Å². The maximum Gasteiger partial charge on any atom is -0.0162 e. The highest BCUT2D eigenvalue weighted by atomic mass is 14.3. The van der Waals surface area contributed by atoms with Crippen LogP contribution in [0.3, 0.4) is 0 Å². The van der Waals surface area contributed by atoms with Gasteiger partial charge in [-0.25, -0.2) is 0 Å². The van der Waals surface area contributed by atoms with Crippen molar-refractivity contribution in [3.05, 3.63) is 41.5 Å². The second kappa shape index (κ2) is 11.1. The fourth-order valence-electron chi connectivity index (χ4n) is 5.34. The van der Waals surface area contributed by atoms with Gasteiger partial charge in [-0.05, 0) is 79.4 Å². The molecule has 0 nitrogen and oxygen atoms in total. The normalized spacial score (nSPS) is 26.0. The first kappa shape index (κ1) is 20.7. The molecule has 0 heterocycles. The molecule has 0 N–H and O–H groups in total. The smallest absolute Gasteiger partial charge is 0.0162 e. The summed E-state index contributed by atoms with van der Waals surface area (Å²) in [5, 5.41) is 0. The highest BCUT2D eigenvalue weighted by Gasteiger charge is 2.22. The third-order valence-electron chi connectivity index (χ3n) is 7.30. The van der Waals surface area contributed by atoms with Crippen molar-refractivity contribution in [2.45, 2.75) is 110 Å². The Kier molecular flexibility index (Phi) is 8.49. The van der Waals surface area contributed by atoms with Crippen LogP contribution in [-0.2, 0) is 0 Å². The molecule has 0 amide bonds. The average molecular weight is 367 g/mol. The molecule has 1 unspecified atom stereocenters. The molecule has 150 valence electrons. The van der Waals surface area contributed by atoms with Gasteiger partial charge in [0.15, 0.2) is 0 Å². The van der Waals surface area contributed by atoms with Crippen molar-refractivity contribution in [2.75, 3.05) is 0 Å². The molecule has 3 rings (SSSR count). The van der Waals surface area contributed by atoms with Gasteiger partial charge in [0.2, 0.25) is 0 Å². The number of benzene rings is 1. The highest BCUT2D eigenvalue weighted by Crippen LogP contribution is 2.38. The number of hydrogen-bond acceptors (Lipinski definition) is 0. The molecule has 0 bridgehead atoms. The van der Waals surface area contributed by atoms with E-state index >= 15 is 0 Å². The number of hydrogen-bond donors (Lipinski definition) is 0. The lowest BCUT2D eigenvalue weighted by atomic mass is 9.76. The molecule has 0 saturated heterocycles. The van der Waals surface area contributed by atoms with Gasteiger partial charge in [-0.3, -0.25) is 0 Å². The Bertz CT molecular complexity index is 556. The lowest BCUT2D eigenvalue weighted by Gasteiger charge is -2.29. The Morgan fingerprint density at radius 3 is 2.07 bits per heavy atom. The molecule has 1 fully saturated rings. The number of allylic oxidation sites excluding steroid dienone is 2. The second-order valence-corrected chi connectivity index (χ2v) is 9.35. The molecule has 1 saturated carbocycles. The fourth-order valence-corrected chi connectivity index (χ4v) is 5.34. The van der Waals surface area contributed by atoms with Gasteiger partial charge in [-0.15, -0.1) is 0 Å². The zero-order valence-corrected chi connectivity index (χ0v) is 18.0. The first-order chi connectivity index (χ1) is 13.3. The van der Waals surface area contributed by atoms with Crippen LogP contribution in [0.15, 0.2) is 30.3 Å². The fraction of sp³-hybridized carbons (Fsp3) is 0.704. The van der Waals surface area contributed by atoms with Crippen molar-refractivity contribution in [1.29, 1.82) is 0 Å². The summed E-state index contributed by atoms with van der Waals surface area (Å²) in [7, 11) is 0. The van der Waals surface area contributed by atoms with Crippen LogP contribution >= 0.6 is 0 Å². The number of unbranched alkanes of at least 4 members (excludes halogenated alkanes) is 3. The highest BCUT2D eigenvalue weighted by molar-refractivity contribution is 5.66. The quantitative estimate of drug-likeness (QED) is 0.383. The van der Waals surface area contributed by atoms with Crippen LogP contribution in [-0.4, -0.2) is 0 Å². The monoisotopic (exact) mass is 366 g/mol. The first-order valence-electron chi connectivity index (χ1n) is 12.1. The van der Waals surface area contributed by atoms with Crippen molar-refractivity contribution < 1.29 is 0 Å². The summed E-state index contributed by atoms with van der Waals surface area (Å²) in [4.78, 5) is 0. The van der Waals surface area contributed by atoms with Crippen LogP contribution in [0.2, 0.25) is 0 Å². The number of rotatable bonds is 9. The predicted molar refractivity (Wildman–Crippen MR) is 120 cm³/mol. The van der Waals surface area contributed by atoms with Gasteiger partial charge in [0, 0.05) is 0 Å². The summed E-state index contributed by atoms with van der Waals surface area (Å²) in [5.74, 6) is 2.78. The molecule has 27 heavy (non-hydrogen) atoms. The second-order valence-electron chi connectivity index (χ2n) is 9.35. The first-order valence-corrected chi connectivity index (χ1v) is 12.1. The minimum Gasteiger partial charge on any atom is -0.0804 e. The van der Waals surface area contributed by atoms with Gasteiger partial charge >= 0.3 is 0 Å². The Morgan fingerprint density at radius 2 is 1.44 bits per heavy atom. The van der Waals surface area contributed by atoms with Crippen molar-refractivity contribution >= 4 is 5.57 Å². The summed E-state index contributed by atoms with van der Waals surface area (Å²) in [6, 6.07) is 9.73. The summed E-state index contributed by atoms with van der Waals surface area (Å²) < 4.78 is 0. The lowest BCUT2D eigenvalue weighted by Crippen LogP contribution is -2.13. The molecule has 2 aliphatic rings. The van der Waals surface area contributed by atoms with Crippen LogP contribution < -0.4 is 0 Å². The van der Waals surface area contributed by atoms with Crippen LogP contribution in [0.25, 0.3) is 5.57 Å². The van der Waals surface area contributed by atoms with Gasteiger partial charge in [-0.1, -0.05) is 89.1 Å². The Hall–Kier alpha value is -1.04. The third kappa shape index (κ3) is 6.23. The molecule has 0 heteroatoms. The molecular formula is C27H42. The van der Waals surface area contributed by atoms with Gasteiger partial charge in [0.05, 0.1) is 0 Å². The molecule has 0 aliphatic heterocycles. The Morgan fingerprint density at radius 1 is 0.741 bits per heavy atom. The maximum atomic E-state index is 2.55. The van der Waals surface area contributed by atoms with E-state index in [-0.39, 0.29) is 0 Å². The molecule has 0 aromatic heterocycles. The molecular weight excluding hydrogens is 324 g/mol. The van der Waals surface area contributed by atoms with Crippen molar-refractivity contribution in [3.8, 4) is 0 Å². The van der Waals surface area contributed by atoms with Crippen LogP contribution in [0.1, 0.15) is 121 Å². The van der Waals surface area contributed by atoms with E-state index in [1.807, 2.05) is 0 Å². The van der Waals surface area contributed by atoms with E-state index in [1.54, 1.807) is 11.1 Å². The van der Waals surface area contributed by atoms with Crippen LogP contribution in [0.5, 0.6) is 0 Å². The van der Waals surface area contributed by atoms with Crippen molar-refractivity contribution in [1.82, 2.24) is 0 Å². The Labute approximate surface area is 168 Å². The molecule has 1 atom stereocenters. The van der Waals surface area contributed by atoms with Gasteiger partial charge in [-0.2, -0.15) is 0 Å². The molecule has 0 radical (unpaired) electrons.